The molecule has 0 spiro atoms. The van der Waals surface area contributed by atoms with E-state index >= 15 is 0 Å². The number of ether oxygens (including phenoxy) is 2. The molecule has 0 aromatic heterocycles. The maximum Gasteiger partial charge on any atom is 0.193 e. The first-order valence-corrected chi connectivity index (χ1v) is 11.7. The van der Waals surface area contributed by atoms with Gasteiger partial charge in [0.25, 0.3) is 0 Å². The van der Waals surface area contributed by atoms with E-state index < -0.39 is 11.4 Å². The van der Waals surface area contributed by atoms with E-state index in [4.69, 9.17) is 9.47 Å². The average molecular weight is 417 g/mol. The third-order valence-corrected chi connectivity index (χ3v) is 9.66. The molecule has 0 aromatic carbocycles. The summed E-state index contributed by atoms with van der Waals surface area (Å²) < 4.78 is 12.8. The standard InChI is InChI=1S/C25H36O5/c1-22(2)29-21-14-19-17-6-5-15-13-16(27)7-10-23(15,3)18(17)8-11-24(19,4)25(21,30-22)20(28)9-12-26/h5,9,12,16-19,21,26-27H,6-8,10-11,13-14H2,1-4H3/t16-,17-,18+,19+,21-,23+,24+,25-/m1/s1. The average Bonchev–Trinajstić information content (AvgIpc) is 3.08. The van der Waals surface area contributed by atoms with Gasteiger partial charge in [-0.1, -0.05) is 25.5 Å². The van der Waals surface area contributed by atoms with Crippen molar-refractivity contribution in [1.29, 1.82) is 0 Å². The Kier molecular flexibility index (Phi) is 4.44. The van der Waals surface area contributed by atoms with Gasteiger partial charge in [-0.15, -0.1) is 0 Å². The Balaban J connectivity index is 1.55. The second kappa shape index (κ2) is 6.43. The molecule has 0 unspecified atom stereocenters. The molecule has 0 amide bonds. The highest BCUT2D eigenvalue weighted by molar-refractivity contribution is 5.99. The highest BCUT2D eigenvalue weighted by Gasteiger charge is 2.75. The van der Waals surface area contributed by atoms with Crippen LogP contribution in [-0.4, -0.2) is 39.6 Å². The number of fused-ring (bicyclic) bond motifs is 7. The number of carbonyl (C=O) groups is 1. The second-order valence-electron chi connectivity index (χ2n) is 11.4. The fraction of sp³-hybridized carbons (Fsp3) is 0.800. The number of ketones is 1. The lowest BCUT2D eigenvalue weighted by molar-refractivity contribution is -0.212. The first kappa shape index (κ1) is 20.7. The quantitative estimate of drug-likeness (QED) is 0.395. The molecule has 3 saturated carbocycles. The molecular formula is C25H36O5. The predicted molar refractivity (Wildman–Crippen MR) is 113 cm³/mol. The molecule has 5 nitrogen and oxygen atoms in total. The van der Waals surface area contributed by atoms with Crippen molar-refractivity contribution in [1.82, 2.24) is 0 Å². The molecule has 2 N–H and O–H groups in total. The van der Waals surface area contributed by atoms with Crippen LogP contribution in [0.1, 0.15) is 72.6 Å². The Morgan fingerprint density at radius 3 is 2.67 bits per heavy atom. The summed E-state index contributed by atoms with van der Waals surface area (Å²) >= 11 is 0. The maximum absolute atomic E-state index is 13.4. The smallest absolute Gasteiger partial charge is 0.193 e. The maximum atomic E-state index is 13.4. The first-order valence-electron chi connectivity index (χ1n) is 11.7. The summed E-state index contributed by atoms with van der Waals surface area (Å²) in [4.78, 5) is 13.4. The lowest BCUT2D eigenvalue weighted by Crippen LogP contribution is -2.60. The van der Waals surface area contributed by atoms with Gasteiger partial charge in [-0.25, -0.2) is 0 Å². The number of aliphatic hydroxyl groups is 2. The molecule has 5 heteroatoms. The number of rotatable bonds is 2. The molecule has 1 aliphatic heterocycles. The predicted octanol–water partition coefficient (Wildman–Crippen LogP) is 4.45. The molecule has 8 atom stereocenters. The minimum Gasteiger partial charge on any atom is -0.515 e. The van der Waals surface area contributed by atoms with Crippen LogP contribution >= 0.6 is 0 Å². The van der Waals surface area contributed by atoms with Gasteiger partial charge in [0.2, 0.25) is 0 Å². The van der Waals surface area contributed by atoms with Gasteiger partial charge in [-0.3, -0.25) is 4.79 Å². The zero-order valence-corrected chi connectivity index (χ0v) is 18.7. The zero-order valence-electron chi connectivity index (χ0n) is 18.7. The minimum absolute atomic E-state index is 0.157. The van der Waals surface area contributed by atoms with Crippen LogP contribution in [0.4, 0.5) is 0 Å². The van der Waals surface area contributed by atoms with Gasteiger partial charge in [0.1, 0.15) is 0 Å². The van der Waals surface area contributed by atoms with Crippen molar-refractivity contribution >= 4 is 5.78 Å². The van der Waals surface area contributed by atoms with Gasteiger partial charge in [-0.2, -0.15) is 0 Å². The van der Waals surface area contributed by atoms with Crippen molar-refractivity contribution in [2.75, 3.05) is 0 Å². The van der Waals surface area contributed by atoms with Gasteiger partial charge in [-0.05, 0) is 82.0 Å². The summed E-state index contributed by atoms with van der Waals surface area (Å²) in [6.07, 6.45) is 10.6. The highest BCUT2D eigenvalue weighted by Crippen LogP contribution is 2.70. The number of hydrogen-bond acceptors (Lipinski definition) is 5. The Bertz CT molecular complexity index is 814. The lowest BCUT2D eigenvalue weighted by atomic mass is 9.46. The molecule has 1 saturated heterocycles. The fourth-order valence-electron chi connectivity index (χ4n) is 8.37. The third-order valence-electron chi connectivity index (χ3n) is 9.66. The highest BCUT2D eigenvalue weighted by atomic mass is 16.8. The van der Waals surface area contributed by atoms with Gasteiger partial charge in [0.15, 0.2) is 17.2 Å². The van der Waals surface area contributed by atoms with Crippen LogP contribution in [0.3, 0.4) is 0 Å². The summed E-state index contributed by atoms with van der Waals surface area (Å²) in [6, 6.07) is 0. The van der Waals surface area contributed by atoms with Gasteiger partial charge < -0.3 is 19.7 Å². The third kappa shape index (κ3) is 2.49. The Morgan fingerprint density at radius 1 is 1.17 bits per heavy atom. The fourth-order valence-corrected chi connectivity index (χ4v) is 8.37. The second-order valence-corrected chi connectivity index (χ2v) is 11.4. The van der Waals surface area contributed by atoms with Crippen molar-refractivity contribution < 1.29 is 24.5 Å². The molecule has 0 aromatic rings. The first-order chi connectivity index (χ1) is 14.1. The van der Waals surface area contributed by atoms with Crippen LogP contribution < -0.4 is 0 Å². The normalized spacial score (nSPS) is 51.6. The van der Waals surface area contributed by atoms with E-state index in [1.165, 1.54) is 11.6 Å². The number of carbonyl (C=O) groups excluding carboxylic acids is 1. The van der Waals surface area contributed by atoms with E-state index in [0.29, 0.717) is 17.8 Å². The van der Waals surface area contributed by atoms with Crippen molar-refractivity contribution in [2.45, 2.75) is 96.2 Å². The summed E-state index contributed by atoms with van der Waals surface area (Å²) in [5, 5.41) is 19.6. The van der Waals surface area contributed by atoms with E-state index in [2.05, 4.69) is 19.9 Å². The van der Waals surface area contributed by atoms with Crippen LogP contribution in [0, 0.1) is 28.6 Å². The Hall–Kier alpha value is -1.17. The molecule has 5 aliphatic rings. The Labute approximate surface area is 179 Å². The molecule has 0 bridgehead atoms. The van der Waals surface area contributed by atoms with Crippen LogP contribution in [0.15, 0.2) is 24.0 Å². The van der Waals surface area contributed by atoms with Crippen molar-refractivity contribution in [3.63, 3.8) is 0 Å². The van der Waals surface area contributed by atoms with Crippen molar-refractivity contribution in [2.24, 2.45) is 28.6 Å². The minimum atomic E-state index is -1.03. The van der Waals surface area contributed by atoms with Gasteiger partial charge >= 0.3 is 0 Å². The van der Waals surface area contributed by atoms with Crippen molar-refractivity contribution in [3.8, 4) is 0 Å². The van der Waals surface area contributed by atoms with Crippen LogP contribution in [0.25, 0.3) is 0 Å². The summed E-state index contributed by atoms with van der Waals surface area (Å²) in [7, 11) is 0. The molecule has 30 heavy (non-hydrogen) atoms. The number of allylic oxidation sites excluding steroid dienone is 1. The monoisotopic (exact) mass is 416 g/mol. The number of hydrogen-bond donors (Lipinski definition) is 2. The van der Waals surface area contributed by atoms with E-state index in [9.17, 15) is 15.0 Å². The molecule has 4 aliphatic carbocycles. The van der Waals surface area contributed by atoms with Crippen molar-refractivity contribution in [3.05, 3.63) is 24.0 Å². The molecular weight excluding hydrogens is 380 g/mol. The topological polar surface area (TPSA) is 76.0 Å². The van der Waals surface area contributed by atoms with E-state index in [0.717, 1.165) is 51.2 Å². The molecule has 1 heterocycles. The number of aliphatic hydroxyl groups excluding tert-OH is 2. The molecule has 0 radical (unpaired) electrons. The van der Waals surface area contributed by atoms with Crippen LogP contribution in [0.5, 0.6) is 0 Å². The van der Waals surface area contributed by atoms with E-state index in [1.807, 2.05) is 13.8 Å². The SMILES string of the molecule is CC1(C)O[C@@H]2C[C@H]3[C@@H]4CC=C5C[C@H](O)CC[C@]5(C)[C@H]4CC[C@]3(C)[C@]2(C(=O)C=CO)O1. The zero-order chi connectivity index (χ0) is 21.5. The van der Waals surface area contributed by atoms with Gasteiger partial charge in [0, 0.05) is 11.5 Å². The lowest BCUT2D eigenvalue weighted by Gasteiger charge is -2.59. The van der Waals surface area contributed by atoms with E-state index in [-0.39, 0.29) is 28.8 Å². The van der Waals surface area contributed by atoms with E-state index in [1.54, 1.807) is 0 Å². The van der Waals surface area contributed by atoms with Crippen LogP contribution in [0.2, 0.25) is 0 Å². The van der Waals surface area contributed by atoms with Crippen LogP contribution in [-0.2, 0) is 14.3 Å². The summed E-state index contributed by atoms with van der Waals surface area (Å²) in [6.45, 7) is 8.41. The molecule has 4 fully saturated rings. The largest absolute Gasteiger partial charge is 0.515 e. The molecule has 166 valence electrons. The summed E-state index contributed by atoms with van der Waals surface area (Å²) in [5.41, 5.74) is 0.259. The summed E-state index contributed by atoms with van der Waals surface area (Å²) in [5.74, 6) is 0.448. The van der Waals surface area contributed by atoms with Gasteiger partial charge in [0.05, 0.1) is 18.5 Å². The Morgan fingerprint density at radius 2 is 1.93 bits per heavy atom. The molecule has 5 rings (SSSR count).